The molecule has 0 aliphatic carbocycles. The average Bonchev–Trinajstić information content (AvgIpc) is 2.71. The Labute approximate surface area is 136 Å². The second-order valence-corrected chi connectivity index (χ2v) is 6.42. The predicted octanol–water partition coefficient (Wildman–Crippen LogP) is 2.97. The smallest absolute Gasteiger partial charge is 0.288 e. The number of benzene rings is 1. The molecule has 9 heteroatoms. The van der Waals surface area contributed by atoms with Gasteiger partial charge in [0.2, 0.25) is 5.91 Å². The van der Waals surface area contributed by atoms with Crippen molar-refractivity contribution in [1.82, 2.24) is 10.4 Å². The van der Waals surface area contributed by atoms with Crippen LogP contribution in [0.4, 0.5) is 18.9 Å². The van der Waals surface area contributed by atoms with E-state index in [1.807, 2.05) is 0 Å². The van der Waals surface area contributed by atoms with Gasteiger partial charge in [0.25, 0.3) is 5.69 Å². The Morgan fingerprint density at radius 3 is 2.58 bits per heavy atom. The highest BCUT2D eigenvalue weighted by Gasteiger charge is 2.51. The minimum atomic E-state index is -4.53. The highest BCUT2D eigenvalue weighted by molar-refractivity contribution is 5.78. The fourth-order valence-electron chi connectivity index (χ4n) is 2.87. The van der Waals surface area contributed by atoms with Crippen molar-refractivity contribution in [2.45, 2.75) is 50.9 Å². The number of nitrogens with zero attached hydrogens (tertiary/aromatic N) is 2. The van der Waals surface area contributed by atoms with Gasteiger partial charge < -0.3 is 0 Å². The monoisotopic (exact) mass is 345 g/mol. The number of rotatable bonds is 5. The minimum Gasteiger partial charge on any atom is -0.288 e. The molecule has 1 N–H and O–H groups in total. The van der Waals surface area contributed by atoms with Gasteiger partial charge in [-0.25, -0.2) is 5.01 Å². The van der Waals surface area contributed by atoms with E-state index in [2.05, 4.69) is 5.43 Å². The molecule has 6 nitrogen and oxygen atoms in total. The SMILES string of the molecule is CC1(C)CC(=O)NN1C(CCc1cccc([N+](=O)[O-])c1)C(F)(F)F. The molecule has 1 heterocycles. The number of hydrazine groups is 1. The van der Waals surface area contributed by atoms with Crippen molar-refractivity contribution in [3.8, 4) is 0 Å². The first-order chi connectivity index (χ1) is 11.0. The summed E-state index contributed by atoms with van der Waals surface area (Å²) in [5.41, 5.74) is 1.61. The van der Waals surface area contributed by atoms with E-state index in [1.165, 1.54) is 18.2 Å². The van der Waals surface area contributed by atoms with E-state index < -0.39 is 28.6 Å². The van der Waals surface area contributed by atoms with Crippen molar-refractivity contribution in [3.05, 3.63) is 39.9 Å². The lowest BCUT2D eigenvalue weighted by atomic mass is 9.97. The predicted molar refractivity (Wildman–Crippen MR) is 79.9 cm³/mol. The quantitative estimate of drug-likeness (QED) is 0.658. The highest BCUT2D eigenvalue weighted by atomic mass is 19.4. The van der Waals surface area contributed by atoms with Crippen LogP contribution < -0.4 is 5.43 Å². The van der Waals surface area contributed by atoms with Crippen molar-refractivity contribution in [2.75, 3.05) is 0 Å². The molecule has 0 saturated carbocycles. The molecule has 1 aromatic carbocycles. The maximum Gasteiger partial charge on any atom is 0.405 e. The van der Waals surface area contributed by atoms with Crippen molar-refractivity contribution in [2.24, 2.45) is 0 Å². The summed E-state index contributed by atoms with van der Waals surface area (Å²) in [6, 6.07) is 3.68. The van der Waals surface area contributed by atoms with Crippen molar-refractivity contribution in [1.29, 1.82) is 0 Å². The first-order valence-corrected chi connectivity index (χ1v) is 7.39. The number of hydrogen-bond acceptors (Lipinski definition) is 4. The molecule has 132 valence electrons. The molecular weight excluding hydrogens is 327 g/mol. The van der Waals surface area contributed by atoms with Gasteiger partial charge >= 0.3 is 6.18 Å². The lowest BCUT2D eigenvalue weighted by Crippen LogP contribution is -2.56. The number of alkyl halides is 3. The van der Waals surface area contributed by atoms with Crippen LogP contribution in [0, 0.1) is 10.1 Å². The van der Waals surface area contributed by atoms with Crippen molar-refractivity contribution in [3.63, 3.8) is 0 Å². The van der Waals surface area contributed by atoms with Gasteiger partial charge in [0, 0.05) is 24.1 Å². The van der Waals surface area contributed by atoms with Crippen LogP contribution in [0.3, 0.4) is 0 Å². The highest BCUT2D eigenvalue weighted by Crippen LogP contribution is 2.35. The Morgan fingerprint density at radius 1 is 1.42 bits per heavy atom. The molecule has 1 aromatic rings. The standard InChI is InChI=1S/C15H18F3N3O3/c1-14(2)9-13(22)19-20(14)12(15(16,17)18)7-6-10-4-3-5-11(8-10)21(23)24/h3-5,8,12H,6-7,9H2,1-2H3,(H,19,22). The van der Waals surface area contributed by atoms with Crippen LogP contribution in [0.25, 0.3) is 0 Å². The molecule has 1 aliphatic heterocycles. The minimum absolute atomic E-state index is 0.00824. The second-order valence-electron chi connectivity index (χ2n) is 6.42. The molecule has 0 aromatic heterocycles. The van der Waals surface area contributed by atoms with E-state index in [0.717, 1.165) is 5.01 Å². The van der Waals surface area contributed by atoms with E-state index in [1.54, 1.807) is 19.9 Å². The molecule has 1 amide bonds. The molecule has 24 heavy (non-hydrogen) atoms. The Hall–Kier alpha value is -2.16. The molecule has 0 radical (unpaired) electrons. The zero-order valence-corrected chi connectivity index (χ0v) is 13.3. The Kier molecular flexibility index (Phi) is 4.84. The van der Waals surface area contributed by atoms with Gasteiger partial charge in [0.15, 0.2) is 0 Å². The van der Waals surface area contributed by atoms with Gasteiger partial charge in [-0.15, -0.1) is 0 Å². The van der Waals surface area contributed by atoms with Gasteiger partial charge in [-0.3, -0.25) is 20.3 Å². The Balaban J connectivity index is 2.18. The van der Waals surface area contributed by atoms with Crippen molar-refractivity contribution < 1.29 is 22.9 Å². The van der Waals surface area contributed by atoms with Crippen LogP contribution in [0.15, 0.2) is 24.3 Å². The average molecular weight is 345 g/mol. The summed E-state index contributed by atoms with van der Waals surface area (Å²) in [5, 5.41) is 11.7. The maximum absolute atomic E-state index is 13.5. The van der Waals surface area contributed by atoms with Crippen LogP contribution in [-0.2, 0) is 11.2 Å². The topological polar surface area (TPSA) is 75.5 Å². The van der Waals surface area contributed by atoms with Gasteiger partial charge in [0.1, 0.15) is 6.04 Å². The largest absolute Gasteiger partial charge is 0.405 e. The van der Waals surface area contributed by atoms with E-state index >= 15 is 0 Å². The van der Waals surface area contributed by atoms with Gasteiger partial charge in [0.05, 0.1) is 4.92 Å². The number of carbonyl (C=O) groups excluding carboxylic acids is 1. The lowest BCUT2D eigenvalue weighted by molar-refractivity contribution is -0.384. The molecule has 1 unspecified atom stereocenters. The molecule has 1 saturated heterocycles. The number of carbonyl (C=O) groups is 1. The summed E-state index contributed by atoms with van der Waals surface area (Å²) in [7, 11) is 0. The summed E-state index contributed by atoms with van der Waals surface area (Å²) >= 11 is 0. The lowest BCUT2D eigenvalue weighted by Gasteiger charge is -2.37. The van der Waals surface area contributed by atoms with E-state index in [0.29, 0.717) is 5.56 Å². The van der Waals surface area contributed by atoms with Gasteiger partial charge in [-0.2, -0.15) is 13.2 Å². The summed E-state index contributed by atoms with van der Waals surface area (Å²) in [6.07, 6.45) is -4.85. The number of nitro benzene ring substituents is 1. The zero-order chi connectivity index (χ0) is 18.1. The van der Waals surface area contributed by atoms with Crippen LogP contribution >= 0.6 is 0 Å². The third kappa shape index (κ3) is 4.02. The normalized spacial score (nSPS) is 19.1. The fourth-order valence-corrected chi connectivity index (χ4v) is 2.87. The molecule has 0 bridgehead atoms. The molecule has 0 spiro atoms. The summed E-state index contributed by atoms with van der Waals surface area (Å²) in [5.74, 6) is -0.454. The summed E-state index contributed by atoms with van der Waals surface area (Å²) < 4.78 is 40.4. The molecule has 1 fully saturated rings. The third-order valence-corrected chi connectivity index (χ3v) is 4.01. The number of amides is 1. The molecule has 2 rings (SSSR count). The van der Waals surface area contributed by atoms with Gasteiger partial charge in [-0.05, 0) is 32.3 Å². The number of nitrogens with one attached hydrogen (secondary N) is 1. The zero-order valence-electron chi connectivity index (χ0n) is 13.3. The number of aryl methyl sites for hydroxylation is 1. The summed E-state index contributed by atoms with van der Waals surface area (Å²) in [6.45, 7) is 3.13. The van der Waals surface area contributed by atoms with E-state index in [4.69, 9.17) is 0 Å². The first kappa shape index (κ1) is 18.2. The molecular formula is C15H18F3N3O3. The first-order valence-electron chi connectivity index (χ1n) is 7.39. The van der Waals surface area contributed by atoms with E-state index in [9.17, 15) is 28.1 Å². The van der Waals surface area contributed by atoms with Gasteiger partial charge in [-0.1, -0.05) is 12.1 Å². The number of hydrogen-bond donors (Lipinski definition) is 1. The third-order valence-electron chi connectivity index (χ3n) is 4.01. The molecule has 1 aliphatic rings. The van der Waals surface area contributed by atoms with Crippen LogP contribution in [-0.4, -0.2) is 33.6 Å². The van der Waals surface area contributed by atoms with Crippen LogP contribution in [0.5, 0.6) is 0 Å². The number of nitro groups is 1. The second kappa shape index (κ2) is 6.39. The Bertz CT molecular complexity index is 646. The van der Waals surface area contributed by atoms with Crippen LogP contribution in [0.2, 0.25) is 0 Å². The van der Waals surface area contributed by atoms with Crippen molar-refractivity contribution >= 4 is 11.6 Å². The Morgan fingerprint density at radius 2 is 2.08 bits per heavy atom. The number of non-ortho nitro benzene ring substituents is 1. The van der Waals surface area contributed by atoms with Crippen LogP contribution in [0.1, 0.15) is 32.3 Å². The summed E-state index contributed by atoms with van der Waals surface area (Å²) in [4.78, 5) is 21.7. The molecule has 1 atom stereocenters. The fraction of sp³-hybridized carbons (Fsp3) is 0.533. The maximum atomic E-state index is 13.5. The van der Waals surface area contributed by atoms with E-state index in [-0.39, 0.29) is 24.9 Å². The number of halogens is 3.